The molecule has 0 N–H and O–H groups in total. The number of hydrogen-bond acceptors (Lipinski definition) is 9. The fraction of sp³-hybridized carbons (Fsp3) is 0.474. The minimum absolute atomic E-state index is 0.0381. The number of methoxy groups -OCH3 is 2. The smallest absolute Gasteiger partial charge is 0.355 e. The average Bonchev–Trinajstić information content (AvgIpc) is 2.74. The molecule has 2 aliphatic rings. The SMILES string of the molecule is COC(=O)C1=C(C(=O)OC)N(c2ccc(CN3CCS(=O)(=O)CC3)cc2)COC1. The number of nitrogens with zero attached hydrogens (tertiary/aromatic N) is 2. The van der Waals surface area contributed by atoms with Gasteiger partial charge in [-0.15, -0.1) is 0 Å². The van der Waals surface area contributed by atoms with Gasteiger partial charge in [-0.2, -0.15) is 0 Å². The summed E-state index contributed by atoms with van der Waals surface area (Å²) in [6, 6.07) is 7.45. The molecule has 158 valence electrons. The van der Waals surface area contributed by atoms with Gasteiger partial charge in [0, 0.05) is 25.3 Å². The van der Waals surface area contributed by atoms with E-state index in [1.165, 1.54) is 14.2 Å². The highest BCUT2D eigenvalue weighted by molar-refractivity contribution is 7.91. The van der Waals surface area contributed by atoms with Crippen molar-refractivity contribution in [3.05, 3.63) is 41.1 Å². The zero-order chi connectivity index (χ0) is 21.0. The van der Waals surface area contributed by atoms with Crippen LogP contribution in [0.3, 0.4) is 0 Å². The molecule has 1 fully saturated rings. The summed E-state index contributed by atoms with van der Waals surface area (Å²) in [7, 11) is -0.420. The van der Waals surface area contributed by atoms with E-state index in [-0.39, 0.29) is 36.1 Å². The van der Waals surface area contributed by atoms with Crippen LogP contribution >= 0.6 is 0 Å². The molecule has 2 aliphatic heterocycles. The van der Waals surface area contributed by atoms with Crippen LogP contribution in [0.4, 0.5) is 5.69 Å². The molecule has 0 saturated carbocycles. The Morgan fingerprint density at radius 1 is 1.03 bits per heavy atom. The Morgan fingerprint density at radius 3 is 2.24 bits per heavy atom. The lowest BCUT2D eigenvalue weighted by Gasteiger charge is -2.31. The van der Waals surface area contributed by atoms with E-state index in [9.17, 15) is 18.0 Å². The first-order chi connectivity index (χ1) is 13.8. The topological polar surface area (TPSA) is 102 Å². The van der Waals surface area contributed by atoms with E-state index in [1.807, 2.05) is 24.3 Å². The lowest BCUT2D eigenvalue weighted by molar-refractivity contribution is -0.140. The minimum Gasteiger partial charge on any atom is -0.466 e. The largest absolute Gasteiger partial charge is 0.466 e. The minimum atomic E-state index is -2.91. The van der Waals surface area contributed by atoms with Crippen molar-refractivity contribution < 1.29 is 32.2 Å². The Labute approximate surface area is 169 Å². The van der Waals surface area contributed by atoms with Gasteiger partial charge in [-0.05, 0) is 17.7 Å². The zero-order valence-electron chi connectivity index (χ0n) is 16.4. The highest BCUT2D eigenvalue weighted by atomic mass is 32.2. The molecule has 0 radical (unpaired) electrons. The summed E-state index contributed by atoms with van der Waals surface area (Å²) in [5.74, 6) is -0.932. The first-order valence-electron chi connectivity index (χ1n) is 9.11. The molecule has 0 aromatic heterocycles. The maximum absolute atomic E-state index is 12.3. The molecule has 0 atom stereocenters. The van der Waals surface area contributed by atoms with Crippen molar-refractivity contribution in [1.29, 1.82) is 0 Å². The van der Waals surface area contributed by atoms with Crippen molar-refractivity contribution in [1.82, 2.24) is 4.90 Å². The molecule has 0 spiro atoms. The number of rotatable bonds is 5. The number of carbonyl (C=O) groups is 2. The second-order valence-corrected chi connectivity index (χ2v) is 9.11. The summed E-state index contributed by atoms with van der Waals surface area (Å²) < 4.78 is 38.2. The summed E-state index contributed by atoms with van der Waals surface area (Å²) in [6.07, 6.45) is 0. The normalized spacial score (nSPS) is 19.7. The monoisotopic (exact) mass is 424 g/mol. The lowest BCUT2D eigenvalue weighted by atomic mass is 10.1. The number of anilines is 1. The maximum Gasteiger partial charge on any atom is 0.355 e. The van der Waals surface area contributed by atoms with Crippen LogP contribution < -0.4 is 4.90 Å². The third-order valence-corrected chi connectivity index (χ3v) is 6.53. The molecule has 29 heavy (non-hydrogen) atoms. The quantitative estimate of drug-likeness (QED) is 0.618. The molecular formula is C19H24N2O7S. The van der Waals surface area contributed by atoms with Gasteiger partial charge in [0.15, 0.2) is 9.84 Å². The van der Waals surface area contributed by atoms with Crippen LogP contribution in [0.1, 0.15) is 5.56 Å². The van der Waals surface area contributed by atoms with Gasteiger partial charge in [0.1, 0.15) is 12.4 Å². The lowest BCUT2D eigenvalue weighted by Crippen LogP contribution is -2.39. The van der Waals surface area contributed by atoms with Gasteiger partial charge in [-0.25, -0.2) is 18.0 Å². The number of esters is 2. The van der Waals surface area contributed by atoms with Gasteiger partial charge >= 0.3 is 11.9 Å². The zero-order valence-corrected chi connectivity index (χ0v) is 17.2. The number of sulfone groups is 1. The van der Waals surface area contributed by atoms with Gasteiger partial charge in [0.25, 0.3) is 0 Å². The molecule has 9 nitrogen and oxygen atoms in total. The van der Waals surface area contributed by atoms with Crippen LogP contribution in [0.25, 0.3) is 0 Å². The molecule has 1 aromatic rings. The van der Waals surface area contributed by atoms with E-state index in [1.54, 1.807) is 4.90 Å². The van der Waals surface area contributed by atoms with E-state index >= 15 is 0 Å². The molecule has 0 amide bonds. The molecule has 2 heterocycles. The van der Waals surface area contributed by atoms with Crippen LogP contribution in [0.2, 0.25) is 0 Å². The summed E-state index contributed by atoms with van der Waals surface area (Å²) in [5.41, 5.74) is 1.88. The van der Waals surface area contributed by atoms with Gasteiger partial charge in [-0.1, -0.05) is 12.1 Å². The molecule has 1 saturated heterocycles. The van der Waals surface area contributed by atoms with Crippen molar-refractivity contribution in [2.45, 2.75) is 6.54 Å². The predicted octanol–water partition coefficient (Wildman–Crippen LogP) is 0.311. The summed E-state index contributed by atoms with van der Waals surface area (Å²) in [5, 5.41) is 0. The Hall–Kier alpha value is -2.43. The predicted molar refractivity (Wildman–Crippen MR) is 105 cm³/mol. The van der Waals surface area contributed by atoms with Crippen LogP contribution in [0.5, 0.6) is 0 Å². The van der Waals surface area contributed by atoms with Gasteiger partial charge in [0.05, 0.1) is 37.9 Å². The van der Waals surface area contributed by atoms with Crippen LogP contribution in [0.15, 0.2) is 35.5 Å². The second kappa shape index (κ2) is 8.93. The average molecular weight is 424 g/mol. The molecular weight excluding hydrogens is 400 g/mol. The summed E-state index contributed by atoms with van der Waals surface area (Å²) in [6.45, 7) is 1.72. The summed E-state index contributed by atoms with van der Waals surface area (Å²) >= 11 is 0. The van der Waals surface area contributed by atoms with Crippen LogP contribution in [-0.2, 0) is 40.2 Å². The van der Waals surface area contributed by atoms with Crippen molar-refractivity contribution in [2.75, 3.05) is 57.1 Å². The number of hydrogen-bond donors (Lipinski definition) is 0. The second-order valence-electron chi connectivity index (χ2n) is 6.81. The number of carbonyl (C=O) groups excluding carboxylic acids is 2. The fourth-order valence-corrected chi connectivity index (χ4v) is 4.57. The highest BCUT2D eigenvalue weighted by Crippen LogP contribution is 2.27. The highest BCUT2D eigenvalue weighted by Gasteiger charge is 2.32. The molecule has 10 heteroatoms. The number of ether oxygens (including phenoxy) is 3. The first kappa shape index (κ1) is 21.3. The maximum atomic E-state index is 12.3. The van der Waals surface area contributed by atoms with E-state index in [0.717, 1.165) is 5.56 Å². The molecule has 0 bridgehead atoms. The molecule has 1 aromatic carbocycles. The van der Waals surface area contributed by atoms with E-state index in [0.29, 0.717) is 25.3 Å². The first-order valence-corrected chi connectivity index (χ1v) is 10.9. The number of benzene rings is 1. The van der Waals surface area contributed by atoms with Crippen molar-refractivity contribution in [3.8, 4) is 0 Å². The summed E-state index contributed by atoms with van der Waals surface area (Å²) in [4.78, 5) is 28.0. The fourth-order valence-electron chi connectivity index (χ4n) is 3.30. The van der Waals surface area contributed by atoms with Gasteiger partial charge in [0.2, 0.25) is 0 Å². The Kier molecular flexibility index (Phi) is 6.56. The molecule has 0 aliphatic carbocycles. The van der Waals surface area contributed by atoms with Crippen molar-refractivity contribution in [2.24, 2.45) is 0 Å². The third kappa shape index (κ3) is 4.95. The van der Waals surface area contributed by atoms with E-state index in [2.05, 4.69) is 4.90 Å². The molecule has 3 rings (SSSR count). The Bertz CT molecular complexity index is 895. The van der Waals surface area contributed by atoms with Crippen molar-refractivity contribution in [3.63, 3.8) is 0 Å². The third-order valence-electron chi connectivity index (χ3n) is 4.92. The van der Waals surface area contributed by atoms with Gasteiger partial charge < -0.3 is 19.1 Å². The van der Waals surface area contributed by atoms with Crippen LogP contribution in [-0.4, -0.2) is 77.4 Å². The molecule has 0 unspecified atom stereocenters. The van der Waals surface area contributed by atoms with Crippen molar-refractivity contribution >= 4 is 27.5 Å². The Balaban J connectivity index is 1.79. The van der Waals surface area contributed by atoms with E-state index < -0.39 is 21.8 Å². The van der Waals surface area contributed by atoms with E-state index in [4.69, 9.17) is 14.2 Å². The standard InChI is InChI=1S/C19H24N2O7S/c1-26-18(22)16-12-28-13-21(17(16)19(23)27-2)15-5-3-14(4-6-15)11-20-7-9-29(24,25)10-8-20/h3-6H,7-13H2,1-2H3. The van der Waals surface area contributed by atoms with Gasteiger partial charge in [-0.3, -0.25) is 4.90 Å². The van der Waals surface area contributed by atoms with Crippen LogP contribution in [0, 0.1) is 0 Å². The Morgan fingerprint density at radius 2 is 1.66 bits per heavy atom.